The second-order valence-corrected chi connectivity index (χ2v) is 7.88. The largest absolute Gasteiger partial charge is 0.314 e. The van der Waals surface area contributed by atoms with Gasteiger partial charge in [-0.3, -0.25) is 4.55 Å². The zero-order valence-corrected chi connectivity index (χ0v) is 12.1. The zero-order valence-electron chi connectivity index (χ0n) is 10.5. The van der Waals surface area contributed by atoms with Crippen molar-refractivity contribution in [3.8, 4) is 0 Å². The highest BCUT2D eigenvalue weighted by molar-refractivity contribution is 7.95. The van der Waals surface area contributed by atoms with Gasteiger partial charge >= 0.3 is 0 Å². The average molecular weight is 311 g/mol. The maximum absolute atomic E-state index is 11.0. The molecule has 1 aromatic rings. The summed E-state index contributed by atoms with van der Waals surface area (Å²) in [4.78, 5) is 0. The first-order valence-electron chi connectivity index (χ1n) is 5.73. The minimum absolute atomic E-state index is 0.147. The van der Waals surface area contributed by atoms with Crippen LogP contribution in [-0.4, -0.2) is 43.7 Å². The van der Waals surface area contributed by atoms with Crippen LogP contribution in [0.5, 0.6) is 0 Å². The third kappa shape index (κ3) is 7.98. The van der Waals surface area contributed by atoms with Crippen LogP contribution >= 0.6 is 0 Å². The molecular weight excluding hydrogens is 292 g/mol. The first-order valence-corrected chi connectivity index (χ1v) is 9.19. The molecule has 1 rings (SSSR count). The lowest BCUT2D eigenvalue weighted by atomic mass is 10.5. The van der Waals surface area contributed by atoms with Crippen molar-refractivity contribution in [1.29, 1.82) is 0 Å². The van der Waals surface area contributed by atoms with E-state index in [4.69, 9.17) is 9.11 Å². The van der Waals surface area contributed by atoms with Gasteiger partial charge in [0, 0.05) is 12.2 Å². The Morgan fingerprint density at radius 1 is 1.16 bits per heavy atom. The number of hydrogen-bond donors (Lipinski definition) is 2. The Balaban J connectivity index is 2.36. The van der Waals surface area contributed by atoms with Crippen molar-refractivity contribution in [3.05, 3.63) is 18.7 Å². The van der Waals surface area contributed by atoms with Gasteiger partial charge in [0.25, 0.3) is 10.1 Å². The number of aryl methyl sites for hydroxylation is 2. The minimum Gasteiger partial charge on any atom is -0.314 e. The van der Waals surface area contributed by atoms with Gasteiger partial charge in [0.15, 0.2) is 0 Å². The van der Waals surface area contributed by atoms with E-state index in [9.17, 15) is 12.6 Å². The van der Waals surface area contributed by atoms with Crippen LogP contribution in [0, 0.1) is 0 Å². The molecule has 0 aromatic carbocycles. The highest BCUT2D eigenvalue weighted by Crippen LogP contribution is 1.95. The van der Waals surface area contributed by atoms with Crippen LogP contribution in [0.1, 0.15) is 12.8 Å². The van der Waals surface area contributed by atoms with Crippen LogP contribution in [0.2, 0.25) is 0 Å². The summed E-state index contributed by atoms with van der Waals surface area (Å²) in [5, 5.41) is 0. The number of rotatable bonds is 8. The first-order chi connectivity index (χ1) is 8.66. The summed E-state index contributed by atoms with van der Waals surface area (Å²) in [6.45, 7) is 1.08. The van der Waals surface area contributed by atoms with E-state index in [0.29, 0.717) is 25.9 Å². The van der Waals surface area contributed by atoms with Crippen LogP contribution in [0.3, 0.4) is 0 Å². The molecule has 0 spiro atoms. The van der Waals surface area contributed by atoms with Crippen LogP contribution in [0.25, 0.3) is 0 Å². The summed E-state index contributed by atoms with van der Waals surface area (Å²) >= 11 is 0. The van der Waals surface area contributed by atoms with Crippen molar-refractivity contribution >= 4 is 25.8 Å². The fourth-order valence-electron chi connectivity index (χ4n) is 1.61. The van der Waals surface area contributed by atoms with Crippen molar-refractivity contribution in [3.63, 3.8) is 0 Å². The molecule has 0 radical (unpaired) electrons. The second kappa shape index (κ2) is 6.51. The molecule has 0 fully saturated rings. The summed E-state index contributed by atoms with van der Waals surface area (Å²) < 4.78 is 53.3. The summed E-state index contributed by atoms with van der Waals surface area (Å²) in [7, 11) is -6.84. The van der Waals surface area contributed by atoms with E-state index < -0.39 is 19.9 Å². The molecule has 9 heteroatoms. The Hall–Kier alpha value is -0.900. The van der Waals surface area contributed by atoms with E-state index >= 15 is 0 Å². The molecule has 110 valence electrons. The van der Waals surface area contributed by atoms with Crippen LogP contribution in [0.15, 0.2) is 18.7 Å². The highest BCUT2D eigenvalue weighted by Gasteiger charge is 2.08. The van der Waals surface area contributed by atoms with Crippen molar-refractivity contribution in [1.82, 2.24) is 4.57 Å². The topological polar surface area (TPSA) is 100 Å². The van der Waals surface area contributed by atoms with E-state index in [-0.39, 0.29) is 11.5 Å². The summed E-state index contributed by atoms with van der Waals surface area (Å²) in [5.41, 5.74) is 0. The molecule has 0 bridgehead atoms. The minimum atomic E-state index is -3.90. The van der Waals surface area contributed by atoms with Crippen molar-refractivity contribution in [2.24, 2.45) is 0 Å². The summed E-state index contributed by atoms with van der Waals surface area (Å²) in [5.74, 6) is 3.04. The molecule has 19 heavy (non-hydrogen) atoms. The summed E-state index contributed by atoms with van der Waals surface area (Å²) in [6, 6.07) is 0. The maximum atomic E-state index is 11.0. The van der Waals surface area contributed by atoms with E-state index in [0.717, 1.165) is 0 Å². The van der Waals surface area contributed by atoms with E-state index in [2.05, 4.69) is 5.87 Å². The predicted octanol–water partition coefficient (Wildman–Crippen LogP) is -0.367. The highest BCUT2D eigenvalue weighted by atomic mass is 32.2. The van der Waals surface area contributed by atoms with Crippen molar-refractivity contribution < 1.29 is 26.3 Å². The molecule has 1 heterocycles. The van der Waals surface area contributed by atoms with Crippen molar-refractivity contribution in [2.75, 3.05) is 11.5 Å². The standard InChI is InChI=1S/C10H18N2O5S2/c1-18(13,14)8-2-4-11-6-7-12(10-11)5-3-9-19(15,16)17/h6-7,10H,1-5,8-9H2,(H-,13,14,15,16,17)/p+1. The number of aromatic nitrogens is 2. The quantitative estimate of drug-likeness (QED) is 0.388. The van der Waals surface area contributed by atoms with Crippen LogP contribution in [0.4, 0.5) is 0 Å². The van der Waals surface area contributed by atoms with Gasteiger partial charge in [0.05, 0.1) is 28.6 Å². The Morgan fingerprint density at radius 3 is 2.42 bits per heavy atom. The number of imidazole rings is 1. The molecule has 0 saturated carbocycles. The fraction of sp³-hybridized carbons (Fsp3) is 0.600. The van der Waals surface area contributed by atoms with E-state index in [1.807, 2.05) is 4.57 Å². The number of hydrogen-bond acceptors (Lipinski definition) is 3. The van der Waals surface area contributed by atoms with Gasteiger partial charge < -0.3 is 4.55 Å². The first kappa shape index (κ1) is 16.2. The lowest BCUT2D eigenvalue weighted by molar-refractivity contribution is -0.696. The van der Waals surface area contributed by atoms with Gasteiger partial charge in [-0.1, -0.05) is 0 Å². The molecule has 1 unspecified atom stereocenters. The number of nitrogens with zero attached hydrogens (tertiary/aromatic N) is 2. The molecule has 0 saturated heterocycles. The Kier molecular flexibility index (Phi) is 5.53. The van der Waals surface area contributed by atoms with Crippen LogP contribution in [-0.2, 0) is 33.0 Å². The lowest BCUT2D eigenvalue weighted by Gasteiger charge is -1.99. The zero-order chi connectivity index (χ0) is 14.5. The smallest absolute Gasteiger partial charge is 0.265 e. The molecule has 1 atom stereocenters. The average Bonchev–Trinajstić information content (AvgIpc) is 2.62. The van der Waals surface area contributed by atoms with E-state index in [1.54, 1.807) is 23.3 Å². The molecular formula is C10H19N2O5S2+. The van der Waals surface area contributed by atoms with Gasteiger partial charge in [-0.2, -0.15) is 8.42 Å². The van der Waals surface area contributed by atoms with Gasteiger partial charge in [-0.15, -0.1) is 0 Å². The summed E-state index contributed by atoms with van der Waals surface area (Å²) in [6.07, 6.45) is 6.24. The molecule has 0 aliphatic heterocycles. The van der Waals surface area contributed by atoms with Crippen molar-refractivity contribution in [2.45, 2.75) is 25.9 Å². The molecule has 1 aromatic heterocycles. The van der Waals surface area contributed by atoms with Gasteiger partial charge in [0.2, 0.25) is 6.33 Å². The van der Waals surface area contributed by atoms with E-state index in [1.165, 1.54) is 0 Å². The van der Waals surface area contributed by atoms with Gasteiger partial charge in [0.1, 0.15) is 12.4 Å². The SMILES string of the molecule is C=S(=O)(O)CCC[n+]1ccn(CCCS(=O)(=O)O)c1. The normalized spacial score (nSPS) is 15.3. The third-order valence-corrected chi connectivity index (χ3v) is 4.18. The molecule has 0 aliphatic rings. The molecule has 0 amide bonds. The second-order valence-electron chi connectivity index (χ2n) is 4.36. The molecule has 7 nitrogen and oxygen atoms in total. The third-order valence-electron chi connectivity index (χ3n) is 2.44. The van der Waals surface area contributed by atoms with Gasteiger partial charge in [-0.25, -0.2) is 13.3 Å². The fourth-order valence-corrected chi connectivity index (χ4v) is 2.68. The lowest BCUT2D eigenvalue weighted by Crippen LogP contribution is -2.32. The molecule has 2 N–H and O–H groups in total. The molecule has 0 aliphatic carbocycles. The van der Waals surface area contributed by atoms with Gasteiger partial charge in [-0.05, 0) is 12.3 Å². The maximum Gasteiger partial charge on any atom is 0.265 e. The Bertz CT molecular complexity index is 551. The Labute approximate surface area is 113 Å². The monoisotopic (exact) mass is 311 g/mol. The predicted molar refractivity (Wildman–Crippen MR) is 73.0 cm³/mol. The Morgan fingerprint density at radius 2 is 1.84 bits per heavy atom. The van der Waals surface area contributed by atoms with Crippen LogP contribution < -0.4 is 4.57 Å².